The van der Waals surface area contributed by atoms with Crippen molar-refractivity contribution in [1.82, 2.24) is 0 Å². The molecule has 0 saturated carbocycles. The van der Waals surface area contributed by atoms with Gasteiger partial charge in [0.05, 0.1) is 5.39 Å². The fraction of sp³-hybridized carbons (Fsp3) is 0.0588. The van der Waals surface area contributed by atoms with Gasteiger partial charge >= 0.3 is 0 Å². The van der Waals surface area contributed by atoms with Crippen LogP contribution in [-0.4, -0.2) is 5.91 Å². The van der Waals surface area contributed by atoms with E-state index in [0.717, 1.165) is 11.6 Å². The summed E-state index contributed by atoms with van der Waals surface area (Å²) in [6.45, 7) is 1.86. The van der Waals surface area contributed by atoms with Crippen LogP contribution in [0.25, 0.3) is 11.0 Å². The molecule has 0 fully saturated rings. The number of carbonyl (C=O) groups is 1. The molecule has 0 spiro atoms. The molecule has 4 nitrogen and oxygen atoms in total. The minimum atomic E-state index is -0.529. The Morgan fingerprint density at radius 1 is 1.09 bits per heavy atom. The zero-order chi connectivity index (χ0) is 16.6. The number of hydrogen-bond acceptors (Lipinski definition) is 3. The average Bonchev–Trinajstić information content (AvgIpc) is 2.51. The van der Waals surface area contributed by atoms with Gasteiger partial charge in [0.15, 0.2) is 11.2 Å². The zero-order valence-corrected chi connectivity index (χ0v) is 13.5. The van der Waals surface area contributed by atoms with Crippen LogP contribution < -0.4 is 10.7 Å². The first kappa shape index (κ1) is 15.6. The van der Waals surface area contributed by atoms with Gasteiger partial charge in [0.1, 0.15) is 5.58 Å². The molecule has 0 saturated heterocycles. The van der Waals surface area contributed by atoms with Gasteiger partial charge in [0.2, 0.25) is 0 Å². The number of anilines is 1. The Balaban J connectivity index is 1.96. The average molecular weight is 348 g/mol. The van der Waals surface area contributed by atoms with Crippen molar-refractivity contribution in [2.24, 2.45) is 0 Å². The Kier molecular flexibility index (Phi) is 4.11. The molecule has 1 heterocycles. The highest BCUT2D eigenvalue weighted by molar-refractivity contribution is 6.31. The number of rotatable bonds is 2. The Bertz CT molecular complexity index is 979. The van der Waals surface area contributed by atoms with Crippen molar-refractivity contribution in [3.63, 3.8) is 0 Å². The maximum absolute atomic E-state index is 12.3. The predicted octanol–water partition coefficient (Wildman–Crippen LogP) is 4.66. The van der Waals surface area contributed by atoms with Gasteiger partial charge < -0.3 is 9.73 Å². The molecule has 3 aromatic rings. The van der Waals surface area contributed by atoms with Crippen LogP contribution in [-0.2, 0) is 0 Å². The minimum Gasteiger partial charge on any atom is -0.451 e. The standard InChI is InChI=1S/C17H11Cl2NO3/c1-9-2-4-11(7-13(9)19)20-17(22)16-8-14(21)12-6-10(18)3-5-15(12)23-16/h2-8H,1H3,(H,20,22). The lowest BCUT2D eigenvalue weighted by molar-refractivity contribution is 0.0997. The Morgan fingerprint density at radius 2 is 1.87 bits per heavy atom. The first-order valence-corrected chi connectivity index (χ1v) is 7.50. The molecule has 1 N–H and O–H groups in total. The molecule has 6 heteroatoms. The van der Waals surface area contributed by atoms with E-state index in [1.54, 1.807) is 30.3 Å². The molecule has 0 radical (unpaired) electrons. The van der Waals surface area contributed by atoms with Gasteiger partial charge in [-0.15, -0.1) is 0 Å². The SMILES string of the molecule is Cc1ccc(NC(=O)c2cc(=O)c3cc(Cl)ccc3o2)cc1Cl. The zero-order valence-electron chi connectivity index (χ0n) is 12.0. The summed E-state index contributed by atoms with van der Waals surface area (Å²) >= 11 is 11.9. The molecule has 0 unspecified atom stereocenters. The number of nitrogens with one attached hydrogen (secondary N) is 1. The number of halogens is 2. The minimum absolute atomic E-state index is 0.0819. The smallest absolute Gasteiger partial charge is 0.291 e. The molecule has 1 aromatic heterocycles. The Morgan fingerprint density at radius 3 is 2.61 bits per heavy atom. The molecule has 23 heavy (non-hydrogen) atoms. The topological polar surface area (TPSA) is 59.3 Å². The van der Waals surface area contributed by atoms with Gasteiger partial charge in [-0.05, 0) is 42.8 Å². The highest BCUT2D eigenvalue weighted by Gasteiger charge is 2.13. The predicted molar refractivity (Wildman–Crippen MR) is 91.6 cm³/mol. The van der Waals surface area contributed by atoms with Crippen LogP contribution in [0.5, 0.6) is 0 Å². The van der Waals surface area contributed by atoms with E-state index >= 15 is 0 Å². The fourth-order valence-electron chi connectivity index (χ4n) is 2.10. The first-order valence-electron chi connectivity index (χ1n) is 6.75. The van der Waals surface area contributed by atoms with Gasteiger partial charge in [-0.2, -0.15) is 0 Å². The van der Waals surface area contributed by atoms with E-state index in [-0.39, 0.29) is 11.2 Å². The quantitative estimate of drug-likeness (QED) is 0.733. The second kappa shape index (κ2) is 6.07. The van der Waals surface area contributed by atoms with E-state index in [2.05, 4.69) is 5.32 Å². The molecule has 3 rings (SSSR count). The van der Waals surface area contributed by atoms with Crippen molar-refractivity contribution < 1.29 is 9.21 Å². The lowest BCUT2D eigenvalue weighted by Gasteiger charge is -2.07. The number of benzene rings is 2. The van der Waals surface area contributed by atoms with E-state index in [0.29, 0.717) is 26.7 Å². The molecule has 116 valence electrons. The number of aryl methyl sites for hydroxylation is 1. The summed E-state index contributed by atoms with van der Waals surface area (Å²) in [5.74, 6) is -0.611. The Labute approximate surface area is 141 Å². The van der Waals surface area contributed by atoms with Gasteiger partial charge in [-0.3, -0.25) is 9.59 Å². The largest absolute Gasteiger partial charge is 0.451 e. The third-order valence-corrected chi connectivity index (χ3v) is 3.98. The molecular weight excluding hydrogens is 337 g/mol. The van der Waals surface area contributed by atoms with Crippen LogP contribution in [0, 0.1) is 6.92 Å². The summed E-state index contributed by atoms with van der Waals surface area (Å²) < 4.78 is 5.48. The fourth-order valence-corrected chi connectivity index (χ4v) is 2.46. The summed E-state index contributed by atoms with van der Waals surface area (Å²) in [5.41, 5.74) is 1.39. The number of amides is 1. The second-order valence-corrected chi connectivity index (χ2v) is 5.88. The van der Waals surface area contributed by atoms with E-state index in [9.17, 15) is 9.59 Å². The van der Waals surface area contributed by atoms with Crippen LogP contribution in [0.3, 0.4) is 0 Å². The van der Waals surface area contributed by atoms with Crippen molar-refractivity contribution >= 4 is 45.8 Å². The summed E-state index contributed by atoms with van der Waals surface area (Å²) in [6, 6.07) is 10.9. The highest BCUT2D eigenvalue weighted by atomic mass is 35.5. The van der Waals surface area contributed by atoms with Crippen molar-refractivity contribution in [1.29, 1.82) is 0 Å². The normalized spacial score (nSPS) is 10.7. The van der Waals surface area contributed by atoms with E-state index in [1.165, 1.54) is 6.07 Å². The molecule has 0 atom stereocenters. The van der Waals surface area contributed by atoms with Crippen LogP contribution in [0.15, 0.2) is 51.7 Å². The van der Waals surface area contributed by atoms with Crippen LogP contribution in [0.1, 0.15) is 16.1 Å². The van der Waals surface area contributed by atoms with Crippen LogP contribution >= 0.6 is 23.2 Å². The van der Waals surface area contributed by atoms with Crippen LogP contribution in [0.4, 0.5) is 5.69 Å². The second-order valence-electron chi connectivity index (χ2n) is 5.03. The van der Waals surface area contributed by atoms with E-state index in [1.807, 2.05) is 6.92 Å². The lowest BCUT2D eigenvalue weighted by Crippen LogP contribution is -2.15. The molecule has 0 aliphatic carbocycles. The lowest BCUT2D eigenvalue weighted by atomic mass is 10.2. The van der Waals surface area contributed by atoms with Gasteiger partial charge in [-0.1, -0.05) is 29.3 Å². The monoisotopic (exact) mass is 347 g/mol. The maximum Gasteiger partial charge on any atom is 0.291 e. The summed E-state index contributed by atoms with van der Waals surface area (Å²) in [6.07, 6.45) is 0. The molecule has 2 aromatic carbocycles. The molecule has 0 bridgehead atoms. The number of fused-ring (bicyclic) bond motifs is 1. The molecular formula is C17H11Cl2NO3. The highest BCUT2D eigenvalue weighted by Crippen LogP contribution is 2.21. The van der Waals surface area contributed by atoms with Crippen molar-refractivity contribution in [3.8, 4) is 0 Å². The van der Waals surface area contributed by atoms with Crippen molar-refractivity contribution in [2.75, 3.05) is 5.32 Å². The summed E-state index contributed by atoms with van der Waals surface area (Å²) in [4.78, 5) is 24.3. The maximum atomic E-state index is 12.3. The summed E-state index contributed by atoms with van der Waals surface area (Å²) in [7, 11) is 0. The third kappa shape index (κ3) is 3.23. The van der Waals surface area contributed by atoms with Crippen molar-refractivity contribution in [2.45, 2.75) is 6.92 Å². The third-order valence-electron chi connectivity index (χ3n) is 3.34. The number of carbonyl (C=O) groups excluding carboxylic acids is 1. The van der Waals surface area contributed by atoms with Crippen molar-refractivity contribution in [3.05, 3.63) is 74.1 Å². The first-order chi connectivity index (χ1) is 10.9. The van der Waals surface area contributed by atoms with Crippen LogP contribution in [0.2, 0.25) is 10.0 Å². The number of hydrogen-bond donors (Lipinski definition) is 1. The van der Waals surface area contributed by atoms with Gasteiger partial charge in [-0.25, -0.2) is 0 Å². The van der Waals surface area contributed by atoms with Gasteiger partial charge in [0.25, 0.3) is 5.91 Å². The molecule has 0 aliphatic heterocycles. The Hall–Kier alpha value is -2.30. The van der Waals surface area contributed by atoms with E-state index < -0.39 is 5.91 Å². The molecule has 1 amide bonds. The molecule has 0 aliphatic rings. The summed E-state index contributed by atoms with van der Waals surface area (Å²) in [5, 5.41) is 3.94. The van der Waals surface area contributed by atoms with Gasteiger partial charge in [0, 0.05) is 21.8 Å². The van der Waals surface area contributed by atoms with E-state index in [4.69, 9.17) is 27.6 Å².